The molecule has 0 aromatic heterocycles. The van der Waals surface area contributed by atoms with Gasteiger partial charge in [-0.3, -0.25) is 9.59 Å². The van der Waals surface area contributed by atoms with Crippen molar-refractivity contribution in [3.63, 3.8) is 0 Å². The first-order chi connectivity index (χ1) is 17.2. The molecule has 3 aromatic rings. The highest BCUT2D eigenvalue weighted by Crippen LogP contribution is 2.25. The normalized spacial score (nSPS) is 11.8. The first-order valence-electron chi connectivity index (χ1n) is 11.9. The number of hydrogen-bond acceptors (Lipinski definition) is 3. The number of carbonyl (C=O) groups excluding carboxylic acids is 2. The van der Waals surface area contributed by atoms with Gasteiger partial charge in [0.15, 0.2) is 0 Å². The van der Waals surface area contributed by atoms with Gasteiger partial charge < -0.3 is 10.2 Å². The maximum Gasteiger partial charge on any atom is 0.243 e. The molecule has 3 aromatic carbocycles. The Morgan fingerprint density at radius 3 is 2.28 bits per heavy atom. The average molecular weight is 544 g/mol. The molecule has 7 heteroatoms. The molecule has 0 saturated carbocycles. The summed E-state index contributed by atoms with van der Waals surface area (Å²) in [5.41, 5.74) is 4.10. The van der Waals surface area contributed by atoms with Crippen LogP contribution in [0.4, 0.5) is 0 Å². The van der Waals surface area contributed by atoms with Crippen LogP contribution in [0.3, 0.4) is 0 Å². The number of amides is 2. The minimum absolute atomic E-state index is 0.0317. The Bertz CT molecular complexity index is 1170. The molecule has 0 aliphatic carbocycles. The van der Waals surface area contributed by atoms with E-state index in [0.717, 1.165) is 22.3 Å². The van der Waals surface area contributed by atoms with Gasteiger partial charge in [0.25, 0.3) is 0 Å². The van der Waals surface area contributed by atoms with E-state index in [9.17, 15) is 9.59 Å². The van der Waals surface area contributed by atoms with Gasteiger partial charge in [-0.25, -0.2) is 0 Å². The van der Waals surface area contributed by atoms with Crippen molar-refractivity contribution in [1.29, 1.82) is 0 Å². The summed E-state index contributed by atoms with van der Waals surface area (Å²) in [6, 6.07) is 22.7. The topological polar surface area (TPSA) is 49.4 Å². The van der Waals surface area contributed by atoms with Gasteiger partial charge >= 0.3 is 0 Å². The second kappa shape index (κ2) is 13.7. The molecule has 0 fully saturated rings. The largest absolute Gasteiger partial charge is 0.352 e. The van der Waals surface area contributed by atoms with Crippen LogP contribution in [0.15, 0.2) is 72.8 Å². The summed E-state index contributed by atoms with van der Waals surface area (Å²) >= 11 is 13.7. The lowest BCUT2D eigenvalue weighted by atomic mass is 10.0. The molecule has 0 spiro atoms. The van der Waals surface area contributed by atoms with Crippen molar-refractivity contribution in [3.05, 3.63) is 105 Å². The van der Waals surface area contributed by atoms with E-state index >= 15 is 0 Å². The third-order valence-corrected chi connectivity index (χ3v) is 7.34. The van der Waals surface area contributed by atoms with E-state index in [1.807, 2.05) is 81.4 Å². The summed E-state index contributed by atoms with van der Waals surface area (Å²) in [5.74, 6) is 0.625. The van der Waals surface area contributed by atoms with E-state index in [1.165, 1.54) is 11.8 Å². The number of hydrogen-bond donors (Lipinski definition) is 1. The summed E-state index contributed by atoms with van der Waals surface area (Å²) < 4.78 is 0. The SMILES string of the molecule is Cc1cccc(CN(C(=O)CSCc2ccc(Cl)c(Cl)c2)C(Cc2ccccc2)C(=O)NC(C)C)c1. The summed E-state index contributed by atoms with van der Waals surface area (Å²) in [4.78, 5) is 28.8. The van der Waals surface area contributed by atoms with Gasteiger partial charge in [0.1, 0.15) is 6.04 Å². The number of thioether (sulfide) groups is 1. The summed E-state index contributed by atoms with van der Waals surface area (Å²) in [6.07, 6.45) is 0.439. The third kappa shape index (κ3) is 8.58. The lowest BCUT2D eigenvalue weighted by Crippen LogP contribution is -2.52. The molecule has 36 heavy (non-hydrogen) atoms. The Hall–Kier alpha value is -2.47. The molecule has 0 bridgehead atoms. The molecule has 0 aliphatic heterocycles. The van der Waals surface area contributed by atoms with Crippen LogP contribution in [0, 0.1) is 6.92 Å². The van der Waals surface area contributed by atoms with E-state index in [1.54, 1.807) is 11.0 Å². The van der Waals surface area contributed by atoms with Gasteiger partial charge in [0, 0.05) is 24.8 Å². The number of nitrogens with one attached hydrogen (secondary N) is 1. The summed E-state index contributed by atoms with van der Waals surface area (Å²) in [5, 5.41) is 4.02. The van der Waals surface area contributed by atoms with Crippen LogP contribution in [0.5, 0.6) is 0 Å². The maximum absolute atomic E-state index is 13.6. The molecule has 2 amide bonds. The van der Waals surface area contributed by atoms with Crippen LogP contribution in [0.1, 0.15) is 36.1 Å². The molecule has 4 nitrogen and oxygen atoms in total. The Labute approximate surface area is 228 Å². The van der Waals surface area contributed by atoms with Crippen molar-refractivity contribution >= 4 is 46.8 Å². The average Bonchev–Trinajstić information content (AvgIpc) is 2.83. The van der Waals surface area contributed by atoms with Crippen molar-refractivity contribution in [1.82, 2.24) is 10.2 Å². The fraction of sp³-hybridized carbons (Fsp3) is 0.310. The van der Waals surface area contributed by atoms with Gasteiger partial charge in [0.05, 0.1) is 15.8 Å². The zero-order chi connectivity index (χ0) is 26.1. The molecule has 1 unspecified atom stereocenters. The zero-order valence-corrected chi connectivity index (χ0v) is 23.2. The van der Waals surface area contributed by atoms with Crippen LogP contribution in [0.2, 0.25) is 10.0 Å². The van der Waals surface area contributed by atoms with Crippen LogP contribution < -0.4 is 5.32 Å². The maximum atomic E-state index is 13.6. The lowest BCUT2D eigenvalue weighted by molar-refractivity contribution is -0.139. The van der Waals surface area contributed by atoms with Crippen LogP contribution in [-0.2, 0) is 28.3 Å². The Morgan fingerprint density at radius 1 is 0.889 bits per heavy atom. The second-order valence-electron chi connectivity index (χ2n) is 9.12. The number of benzene rings is 3. The molecule has 0 aliphatic rings. The molecular formula is C29H32Cl2N2O2S. The second-order valence-corrected chi connectivity index (χ2v) is 10.9. The van der Waals surface area contributed by atoms with E-state index < -0.39 is 6.04 Å². The van der Waals surface area contributed by atoms with Gasteiger partial charge in [-0.2, -0.15) is 0 Å². The quantitative estimate of drug-likeness (QED) is 0.293. The fourth-order valence-electron chi connectivity index (χ4n) is 3.91. The first kappa shape index (κ1) is 28.1. The number of nitrogens with zero attached hydrogens (tertiary/aromatic N) is 1. The summed E-state index contributed by atoms with van der Waals surface area (Å²) in [7, 11) is 0. The Kier molecular flexibility index (Phi) is 10.7. The number of rotatable bonds is 11. The number of carbonyl (C=O) groups is 2. The van der Waals surface area contributed by atoms with Crippen molar-refractivity contribution in [2.45, 2.75) is 51.6 Å². The summed E-state index contributed by atoms with van der Waals surface area (Å²) in [6.45, 7) is 6.24. The monoisotopic (exact) mass is 542 g/mol. The van der Waals surface area contributed by atoms with Crippen LogP contribution in [-0.4, -0.2) is 34.6 Å². The van der Waals surface area contributed by atoms with Crippen LogP contribution in [0.25, 0.3) is 0 Å². The molecule has 1 atom stereocenters. The predicted molar refractivity (Wildman–Crippen MR) is 152 cm³/mol. The minimum atomic E-state index is -0.631. The van der Waals surface area contributed by atoms with Gasteiger partial charge in [0.2, 0.25) is 11.8 Å². The van der Waals surface area contributed by atoms with Crippen molar-refractivity contribution in [2.24, 2.45) is 0 Å². The first-order valence-corrected chi connectivity index (χ1v) is 13.8. The Morgan fingerprint density at radius 2 is 1.61 bits per heavy atom. The predicted octanol–water partition coefficient (Wildman–Crippen LogP) is 6.70. The Balaban J connectivity index is 1.84. The zero-order valence-electron chi connectivity index (χ0n) is 20.8. The standard InChI is InChI=1S/C29H32Cl2N2O2S/c1-20(2)32-29(35)27(16-22-9-5-4-6-10-22)33(17-23-11-7-8-21(3)14-23)28(34)19-36-18-24-12-13-25(30)26(31)15-24/h4-15,20,27H,16-19H2,1-3H3,(H,32,35). The molecule has 1 N–H and O–H groups in total. The smallest absolute Gasteiger partial charge is 0.243 e. The highest BCUT2D eigenvalue weighted by molar-refractivity contribution is 7.99. The number of aryl methyl sites for hydroxylation is 1. The molecule has 190 valence electrons. The van der Waals surface area contributed by atoms with Crippen molar-refractivity contribution < 1.29 is 9.59 Å². The third-order valence-electron chi connectivity index (χ3n) is 5.62. The van der Waals surface area contributed by atoms with Crippen molar-refractivity contribution in [2.75, 3.05) is 5.75 Å². The van der Waals surface area contributed by atoms with Crippen LogP contribution >= 0.6 is 35.0 Å². The van der Waals surface area contributed by atoms with E-state index in [-0.39, 0.29) is 23.6 Å². The lowest BCUT2D eigenvalue weighted by Gasteiger charge is -2.32. The minimum Gasteiger partial charge on any atom is -0.352 e. The molecule has 0 radical (unpaired) electrons. The molecule has 3 rings (SSSR count). The van der Waals surface area contributed by atoms with E-state index in [0.29, 0.717) is 28.8 Å². The fourth-order valence-corrected chi connectivity index (χ4v) is 5.09. The van der Waals surface area contributed by atoms with Gasteiger partial charge in [-0.15, -0.1) is 11.8 Å². The highest BCUT2D eigenvalue weighted by Gasteiger charge is 2.30. The molecule has 0 saturated heterocycles. The molecule has 0 heterocycles. The van der Waals surface area contributed by atoms with Crippen molar-refractivity contribution in [3.8, 4) is 0 Å². The number of halogens is 2. The van der Waals surface area contributed by atoms with Gasteiger partial charge in [-0.05, 0) is 49.6 Å². The highest BCUT2D eigenvalue weighted by atomic mass is 35.5. The van der Waals surface area contributed by atoms with E-state index in [2.05, 4.69) is 11.4 Å². The van der Waals surface area contributed by atoms with E-state index in [4.69, 9.17) is 23.2 Å². The molecular weight excluding hydrogens is 511 g/mol. The van der Waals surface area contributed by atoms with Gasteiger partial charge in [-0.1, -0.05) is 89.4 Å².